The minimum atomic E-state index is -4.15. The van der Waals surface area contributed by atoms with Crippen molar-refractivity contribution in [1.29, 1.82) is 0 Å². The van der Waals surface area contributed by atoms with Gasteiger partial charge in [0.05, 0.1) is 10.6 Å². The van der Waals surface area contributed by atoms with Crippen LogP contribution in [0.15, 0.2) is 53.4 Å². The molecule has 122 valence electrons. The van der Waals surface area contributed by atoms with Gasteiger partial charge in [0.15, 0.2) is 0 Å². The van der Waals surface area contributed by atoms with Crippen LogP contribution < -0.4 is 4.31 Å². The molecule has 4 nitrogen and oxygen atoms in total. The predicted molar refractivity (Wildman–Crippen MR) is 87.6 cm³/mol. The zero-order valence-electron chi connectivity index (χ0n) is 12.5. The maximum Gasteiger partial charge on any atom is 0.265 e. The number of carbonyl (C=O) groups is 1. The Kier molecular flexibility index (Phi) is 5.06. The van der Waals surface area contributed by atoms with E-state index in [2.05, 4.69) is 0 Å². The molecular weight excluding hydrogens is 341 g/mol. The van der Waals surface area contributed by atoms with Crippen molar-refractivity contribution < 1.29 is 17.6 Å². The first-order valence-corrected chi connectivity index (χ1v) is 8.62. The molecule has 0 radical (unpaired) electrons. The molecule has 0 amide bonds. The molecule has 0 N–H and O–H groups in total. The number of sulfonamides is 1. The summed E-state index contributed by atoms with van der Waals surface area (Å²) in [6, 6.07) is 10.1. The first-order chi connectivity index (χ1) is 10.7. The Bertz CT molecular complexity index is 821. The Morgan fingerprint density at radius 2 is 1.70 bits per heavy atom. The van der Waals surface area contributed by atoms with Crippen LogP contribution in [0.5, 0.6) is 0 Å². The summed E-state index contributed by atoms with van der Waals surface area (Å²) >= 11 is 5.48. The highest BCUT2D eigenvalue weighted by Crippen LogP contribution is 2.29. The van der Waals surface area contributed by atoms with Crippen LogP contribution in [0.1, 0.15) is 12.5 Å². The number of rotatable bonds is 5. The molecule has 0 aliphatic carbocycles. The summed E-state index contributed by atoms with van der Waals surface area (Å²) in [7, 11) is -4.15. The Hall–Kier alpha value is -1.92. The molecule has 0 saturated carbocycles. The lowest BCUT2D eigenvalue weighted by Gasteiger charge is -2.28. The molecule has 0 heterocycles. The van der Waals surface area contributed by atoms with Gasteiger partial charge in [0, 0.05) is 0 Å². The number of aryl methyl sites for hydroxylation is 1. The van der Waals surface area contributed by atoms with Crippen LogP contribution in [0.2, 0.25) is 0 Å². The molecule has 2 aromatic rings. The van der Waals surface area contributed by atoms with E-state index in [9.17, 15) is 17.6 Å². The van der Waals surface area contributed by atoms with Crippen molar-refractivity contribution in [1.82, 2.24) is 0 Å². The van der Waals surface area contributed by atoms with E-state index in [-0.39, 0.29) is 10.6 Å². The van der Waals surface area contributed by atoms with Crippen LogP contribution >= 0.6 is 11.6 Å². The Balaban J connectivity index is 2.64. The van der Waals surface area contributed by atoms with Crippen molar-refractivity contribution >= 4 is 32.6 Å². The lowest BCUT2D eigenvalue weighted by Crippen LogP contribution is -2.42. The fourth-order valence-corrected chi connectivity index (χ4v) is 3.87. The van der Waals surface area contributed by atoms with Crippen molar-refractivity contribution in [3.05, 3.63) is 59.9 Å². The Labute approximate surface area is 139 Å². The Morgan fingerprint density at radius 1 is 1.13 bits per heavy atom. The summed E-state index contributed by atoms with van der Waals surface area (Å²) < 4.78 is 40.6. The van der Waals surface area contributed by atoms with E-state index in [1.807, 2.05) is 6.92 Å². The summed E-state index contributed by atoms with van der Waals surface area (Å²) in [5, 5.41) is -0.899. The molecule has 0 fully saturated rings. The van der Waals surface area contributed by atoms with Crippen molar-refractivity contribution in [3.63, 3.8) is 0 Å². The highest BCUT2D eigenvalue weighted by Gasteiger charge is 2.34. The smallest absolute Gasteiger partial charge is 0.265 e. The molecule has 0 aliphatic heterocycles. The normalized spacial score (nSPS) is 12.7. The highest BCUT2D eigenvalue weighted by atomic mass is 35.5. The maximum atomic E-state index is 14.1. The summed E-state index contributed by atoms with van der Waals surface area (Å²) in [6.07, 6.45) is 0. The first-order valence-electron chi connectivity index (χ1n) is 6.80. The molecular formula is C16H15ClFNO3S. The molecule has 1 unspecified atom stereocenters. The second-order valence-electron chi connectivity index (χ2n) is 5.05. The first kappa shape index (κ1) is 17.4. The fourth-order valence-electron chi connectivity index (χ4n) is 2.09. The second-order valence-corrected chi connectivity index (χ2v) is 7.23. The van der Waals surface area contributed by atoms with E-state index in [0.717, 1.165) is 11.6 Å². The van der Waals surface area contributed by atoms with Gasteiger partial charge in [-0.3, -0.25) is 9.10 Å². The molecule has 0 bridgehead atoms. The molecule has 7 heteroatoms. The van der Waals surface area contributed by atoms with E-state index < -0.39 is 27.1 Å². The Morgan fingerprint density at radius 3 is 2.22 bits per heavy atom. The largest absolute Gasteiger partial charge is 0.279 e. The third-order valence-electron chi connectivity index (χ3n) is 3.35. The molecule has 0 aromatic heterocycles. The van der Waals surface area contributed by atoms with Gasteiger partial charge in [0.1, 0.15) is 11.9 Å². The van der Waals surface area contributed by atoms with Crippen LogP contribution in [0.25, 0.3) is 0 Å². The molecule has 0 aliphatic rings. The van der Waals surface area contributed by atoms with Crippen molar-refractivity contribution in [2.24, 2.45) is 0 Å². The lowest BCUT2D eigenvalue weighted by molar-refractivity contribution is -0.112. The lowest BCUT2D eigenvalue weighted by atomic mass is 10.2. The molecule has 0 saturated heterocycles. The van der Waals surface area contributed by atoms with Crippen molar-refractivity contribution in [2.45, 2.75) is 24.8 Å². The van der Waals surface area contributed by atoms with E-state index in [1.165, 1.54) is 37.3 Å². The van der Waals surface area contributed by atoms with Gasteiger partial charge < -0.3 is 0 Å². The van der Waals surface area contributed by atoms with Crippen LogP contribution in [0, 0.1) is 12.7 Å². The zero-order valence-corrected chi connectivity index (χ0v) is 14.1. The number of para-hydroxylation sites is 1. The van der Waals surface area contributed by atoms with E-state index in [4.69, 9.17) is 11.6 Å². The average molecular weight is 356 g/mol. The van der Waals surface area contributed by atoms with Crippen molar-refractivity contribution in [2.75, 3.05) is 4.31 Å². The minimum absolute atomic E-state index is 0.0453. The number of anilines is 1. The van der Waals surface area contributed by atoms with Gasteiger partial charge in [-0.25, -0.2) is 12.8 Å². The highest BCUT2D eigenvalue weighted by molar-refractivity contribution is 7.93. The zero-order chi connectivity index (χ0) is 17.2. The maximum absolute atomic E-state index is 14.1. The quantitative estimate of drug-likeness (QED) is 0.771. The number of benzene rings is 2. The van der Waals surface area contributed by atoms with Gasteiger partial charge in [0.2, 0.25) is 5.24 Å². The van der Waals surface area contributed by atoms with Gasteiger partial charge in [-0.1, -0.05) is 29.8 Å². The summed E-state index contributed by atoms with van der Waals surface area (Å²) in [5.41, 5.74) is 0.650. The van der Waals surface area contributed by atoms with Gasteiger partial charge in [0.25, 0.3) is 10.0 Å². The molecule has 1 atom stereocenters. The van der Waals surface area contributed by atoms with Crippen LogP contribution in [-0.4, -0.2) is 19.7 Å². The number of hydrogen-bond donors (Lipinski definition) is 0. The van der Waals surface area contributed by atoms with Crippen LogP contribution in [0.4, 0.5) is 10.1 Å². The standard InChI is InChI=1S/C16H15ClFNO3S/c1-11-7-9-13(10-8-11)23(21,22)19(12(2)16(17)20)15-6-4-3-5-14(15)18/h3-10,12H,1-2H3. The van der Waals surface area contributed by atoms with Gasteiger partial charge >= 0.3 is 0 Å². The monoisotopic (exact) mass is 355 g/mol. The SMILES string of the molecule is Cc1ccc(S(=O)(=O)N(c2ccccc2F)C(C)C(=O)Cl)cc1. The molecule has 2 aromatic carbocycles. The third-order valence-corrected chi connectivity index (χ3v) is 5.56. The summed E-state index contributed by atoms with van der Waals surface area (Å²) in [5.74, 6) is -0.757. The summed E-state index contributed by atoms with van der Waals surface area (Å²) in [4.78, 5) is 11.5. The fraction of sp³-hybridized carbons (Fsp3) is 0.188. The minimum Gasteiger partial charge on any atom is -0.279 e. The number of hydrogen-bond acceptors (Lipinski definition) is 3. The van der Waals surface area contributed by atoms with E-state index >= 15 is 0 Å². The van der Waals surface area contributed by atoms with Gasteiger partial charge in [-0.15, -0.1) is 0 Å². The predicted octanol–water partition coefficient (Wildman–Crippen LogP) is 3.48. The molecule has 23 heavy (non-hydrogen) atoms. The number of nitrogens with zero attached hydrogens (tertiary/aromatic N) is 1. The third kappa shape index (κ3) is 3.54. The van der Waals surface area contributed by atoms with Crippen LogP contribution in [-0.2, 0) is 14.8 Å². The van der Waals surface area contributed by atoms with Gasteiger partial charge in [-0.05, 0) is 49.7 Å². The number of carbonyl (C=O) groups excluding carboxylic acids is 1. The summed E-state index contributed by atoms with van der Waals surface area (Å²) in [6.45, 7) is 3.13. The van der Waals surface area contributed by atoms with Crippen molar-refractivity contribution in [3.8, 4) is 0 Å². The van der Waals surface area contributed by atoms with E-state index in [1.54, 1.807) is 12.1 Å². The van der Waals surface area contributed by atoms with Gasteiger partial charge in [-0.2, -0.15) is 0 Å². The molecule has 0 spiro atoms. The number of halogens is 2. The topological polar surface area (TPSA) is 54.5 Å². The second kappa shape index (κ2) is 6.68. The van der Waals surface area contributed by atoms with E-state index in [0.29, 0.717) is 4.31 Å². The average Bonchev–Trinajstić information content (AvgIpc) is 2.49. The molecule has 2 rings (SSSR count). The van der Waals surface area contributed by atoms with Crippen LogP contribution in [0.3, 0.4) is 0 Å².